The summed E-state index contributed by atoms with van der Waals surface area (Å²) in [6.45, 7) is 6.60. The van der Waals surface area contributed by atoms with Crippen molar-refractivity contribution >= 4 is 5.91 Å². The number of nitrogens with zero attached hydrogens (tertiary/aromatic N) is 5. The number of morpholine rings is 1. The highest BCUT2D eigenvalue weighted by atomic mass is 16.5. The van der Waals surface area contributed by atoms with Crippen LogP contribution in [0.25, 0.3) is 0 Å². The van der Waals surface area contributed by atoms with Crippen LogP contribution in [-0.4, -0.2) is 89.4 Å². The lowest BCUT2D eigenvalue weighted by molar-refractivity contribution is -0.155. The molecule has 3 fully saturated rings. The summed E-state index contributed by atoms with van der Waals surface area (Å²) in [6.07, 6.45) is 8.41. The minimum absolute atomic E-state index is 0.00961. The zero-order chi connectivity index (χ0) is 18.8. The third-order valence-corrected chi connectivity index (χ3v) is 6.41. The van der Waals surface area contributed by atoms with Crippen LogP contribution in [0.4, 0.5) is 0 Å². The van der Waals surface area contributed by atoms with Crippen molar-refractivity contribution < 1.29 is 9.53 Å². The number of ether oxygens (including phenoxy) is 1. The van der Waals surface area contributed by atoms with Crippen molar-refractivity contribution in [3.8, 4) is 0 Å². The van der Waals surface area contributed by atoms with Crippen molar-refractivity contribution in [1.82, 2.24) is 24.5 Å². The first kappa shape index (κ1) is 18.9. The predicted octanol–water partition coefficient (Wildman–Crippen LogP) is 1.13. The van der Waals surface area contributed by atoms with Gasteiger partial charge in [-0.15, -0.1) is 0 Å². The van der Waals surface area contributed by atoms with Gasteiger partial charge in [0.05, 0.1) is 24.9 Å². The molecule has 0 N–H and O–H groups in total. The monoisotopic (exact) mass is 375 g/mol. The lowest BCUT2D eigenvalue weighted by Crippen LogP contribution is -2.54. The van der Waals surface area contributed by atoms with Crippen molar-refractivity contribution in [2.24, 2.45) is 13.0 Å². The third kappa shape index (κ3) is 4.20. The summed E-state index contributed by atoms with van der Waals surface area (Å²) in [5.74, 6) is 0.536. The molecule has 2 atom stereocenters. The molecule has 0 spiro atoms. The number of aryl methyl sites for hydroxylation is 1. The smallest absolute Gasteiger partial charge is 0.226 e. The molecule has 27 heavy (non-hydrogen) atoms. The van der Waals surface area contributed by atoms with Gasteiger partial charge in [-0.25, -0.2) is 0 Å². The molecule has 2 aliphatic heterocycles. The fourth-order valence-corrected chi connectivity index (χ4v) is 4.55. The van der Waals surface area contributed by atoms with Gasteiger partial charge in [0.1, 0.15) is 0 Å². The van der Waals surface area contributed by atoms with E-state index in [1.807, 2.05) is 24.1 Å². The average molecular weight is 376 g/mol. The topological polar surface area (TPSA) is 53.8 Å². The fraction of sp³-hybridized carbons (Fsp3) is 0.800. The average Bonchev–Trinajstić information content (AvgIpc) is 2.93. The summed E-state index contributed by atoms with van der Waals surface area (Å²) in [4.78, 5) is 20.1. The Hall–Kier alpha value is -1.44. The second-order valence-electron chi connectivity index (χ2n) is 8.42. The Labute approximate surface area is 162 Å². The van der Waals surface area contributed by atoms with Crippen LogP contribution >= 0.6 is 0 Å². The van der Waals surface area contributed by atoms with Crippen LogP contribution < -0.4 is 0 Å². The normalized spacial score (nSPS) is 28.7. The molecule has 1 aromatic rings. The Morgan fingerprint density at radius 1 is 1.15 bits per heavy atom. The Morgan fingerprint density at radius 3 is 2.70 bits per heavy atom. The summed E-state index contributed by atoms with van der Waals surface area (Å²) >= 11 is 0. The molecule has 7 nitrogen and oxygen atoms in total. The molecule has 4 rings (SSSR count). The minimum Gasteiger partial charge on any atom is -0.373 e. The molecule has 0 unspecified atom stereocenters. The SMILES string of the molecule is CN1CCCN(C[C@@H]2OCCN(C(=O)C3CCC3)[C@H]2c2cnn(C)c2)CC1. The summed E-state index contributed by atoms with van der Waals surface area (Å²) in [6, 6.07) is -0.0264. The van der Waals surface area contributed by atoms with Crippen molar-refractivity contribution in [3.05, 3.63) is 18.0 Å². The maximum Gasteiger partial charge on any atom is 0.226 e. The van der Waals surface area contributed by atoms with Crippen LogP contribution in [0.2, 0.25) is 0 Å². The molecular weight excluding hydrogens is 342 g/mol. The Morgan fingerprint density at radius 2 is 2.00 bits per heavy atom. The number of hydrogen-bond acceptors (Lipinski definition) is 5. The first-order chi connectivity index (χ1) is 13.1. The number of likely N-dealkylation sites (N-methyl/N-ethyl adjacent to an activating group) is 1. The molecular formula is C20H33N5O2. The van der Waals surface area contributed by atoms with Crippen molar-refractivity contribution in [1.29, 1.82) is 0 Å². The van der Waals surface area contributed by atoms with E-state index < -0.39 is 0 Å². The van der Waals surface area contributed by atoms with E-state index >= 15 is 0 Å². The minimum atomic E-state index is -0.0264. The second kappa shape index (κ2) is 8.29. The lowest BCUT2D eigenvalue weighted by atomic mass is 9.83. The van der Waals surface area contributed by atoms with Gasteiger partial charge in [0.15, 0.2) is 0 Å². The predicted molar refractivity (Wildman–Crippen MR) is 103 cm³/mol. The van der Waals surface area contributed by atoms with Crippen LogP contribution in [-0.2, 0) is 16.6 Å². The number of hydrogen-bond donors (Lipinski definition) is 0. The van der Waals surface area contributed by atoms with Crippen LogP contribution in [0.3, 0.4) is 0 Å². The molecule has 0 radical (unpaired) electrons. The van der Waals surface area contributed by atoms with Crippen LogP contribution in [0.5, 0.6) is 0 Å². The summed E-state index contributed by atoms with van der Waals surface area (Å²) in [5.41, 5.74) is 1.10. The molecule has 2 saturated heterocycles. The van der Waals surface area contributed by atoms with E-state index in [9.17, 15) is 4.79 Å². The molecule has 3 aliphatic rings. The lowest BCUT2D eigenvalue weighted by Gasteiger charge is -2.44. The number of carbonyl (C=O) groups is 1. The summed E-state index contributed by atoms with van der Waals surface area (Å²) in [5, 5.41) is 4.37. The van der Waals surface area contributed by atoms with E-state index in [2.05, 4.69) is 26.8 Å². The van der Waals surface area contributed by atoms with Gasteiger partial charge in [0, 0.05) is 50.9 Å². The largest absolute Gasteiger partial charge is 0.373 e. The quantitative estimate of drug-likeness (QED) is 0.790. The molecule has 3 heterocycles. The first-order valence-corrected chi connectivity index (χ1v) is 10.4. The number of rotatable bonds is 4. The summed E-state index contributed by atoms with van der Waals surface area (Å²) in [7, 11) is 4.13. The highest BCUT2D eigenvalue weighted by Gasteiger charge is 2.41. The fourth-order valence-electron chi connectivity index (χ4n) is 4.55. The first-order valence-electron chi connectivity index (χ1n) is 10.4. The van der Waals surface area contributed by atoms with E-state index in [1.54, 1.807) is 0 Å². The molecule has 150 valence electrons. The number of aromatic nitrogens is 2. The van der Waals surface area contributed by atoms with Gasteiger partial charge in [-0.05, 0) is 39.4 Å². The highest BCUT2D eigenvalue weighted by molar-refractivity contribution is 5.80. The maximum atomic E-state index is 13.1. The van der Waals surface area contributed by atoms with Gasteiger partial charge < -0.3 is 14.5 Å². The molecule has 1 amide bonds. The van der Waals surface area contributed by atoms with Crippen LogP contribution in [0.1, 0.15) is 37.3 Å². The van der Waals surface area contributed by atoms with Gasteiger partial charge in [0.25, 0.3) is 0 Å². The molecule has 7 heteroatoms. The van der Waals surface area contributed by atoms with Crippen molar-refractivity contribution in [3.63, 3.8) is 0 Å². The van der Waals surface area contributed by atoms with Gasteiger partial charge in [-0.3, -0.25) is 14.4 Å². The van der Waals surface area contributed by atoms with E-state index in [1.165, 1.54) is 12.8 Å². The molecule has 0 aromatic carbocycles. The van der Waals surface area contributed by atoms with Gasteiger partial charge in [-0.2, -0.15) is 5.10 Å². The Balaban J connectivity index is 1.53. The molecule has 1 aliphatic carbocycles. The van der Waals surface area contributed by atoms with E-state index in [4.69, 9.17) is 4.74 Å². The standard InChI is InChI=1S/C20H33N5O2/c1-22-7-4-8-24(10-9-22)15-18-19(17-13-21-23(2)14-17)25(11-12-27-18)20(26)16-5-3-6-16/h13-14,16,18-19H,3-12,15H2,1-2H3/t18-,19-/m0/s1. The van der Waals surface area contributed by atoms with Crippen LogP contribution in [0.15, 0.2) is 12.4 Å². The van der Waals surface area contributed by atoms with Gasteiger partial charge in [0.2, 0.25) is 5.91 Å². The molecule has 1 saturated carbocycles. The maximum absolute atomic E-state index is 13.1. The zero-order valence-corrected chi connectivity index (χ0v) is 16.7. The van der Waals surface area contributed by atoms with E-state index in [0.29, 0.717) is 19.1 Å². The third-order valence-electron chi connectivity index (χ3n) is 6.41. The van der Waals surface area contributed by atoms with Crippen molar-refractivity contribution in [2.45, 2.75) is 37.8 Å². The number of amides is 1. The second-order valence-corrected chi connectivity index (χ2v) is 8.42. The van der Waals surface area contributed by atoms with Gasteiger partial charge in [-0.1, -0.05) is 6.42 Å². The van der Waals surface area contributed by atoms with Crippen LogP contribution in [0, 0.1) is 5.92 Å². The van der Waals surface area contributed by atoms with Crippen molar-refractivity contribution in [2.75, 3.05) is 52.9 Å². The summed E-state index contributed by atoms with van der Waals surface area (Å²) < 4.78 is 8.08. The van der Waals surface area contributed by atoms with Gasteiger partial charge >= 0.3 is 0 Å². The zero-order valence-electron chi connectivity index (χ0n) is 16.7. The van der Waals surface area contributed by atoms with E-state index in [-0.39, 0.29) is 18.1 Å². The van der Waals surface area contributed by atoms with E-state index in [0.717, 1.165) is 51.1 Å². The molecule has 1 aromatic heterocycles. The highest BCUT2D eigenvalue weighted by Crippen LogP contribution is 2.35. The Kier molecular flexibility index (Phi) is 5.80. The number of carbonyl (C=O) groups excluding carboxylic acids is 1. The Bertz CT molecular complexity index is 644. The molecule has 0 bridgehead atoms.